The number of para-hydroxylation sites is 3. The zero-order chi connectivity index (χ0) is 19.8. The van der Waals surface area contributed by atoms with Gasteiger partial charge in [0.2, 0.25) is 5.91 Å². The number of methoxy groups -OCH3 is 1. The third-order valence-corrected chi connectivity index (χ3v) is 5.94. The highest BCUT2D eigenvalue weighted by atomic mass is 16.5. The zero-order valence-electron chi connectivity index (χ0n) is 16.5. The van der Waals surface area contributed by atoms with Gasteiger partial charge in [-0.3, -0.25) is 4.79 Å². The van der Waals surface area contributed by atoms with Crippen LogP contribution < -0.4 is 14.5 Å². The average molecular weight is 388 g/mol. The summed E-state index contributed by atoms with van der Waals surface area (Å²) >= 11 is 0. The van der Waals surface area contributed by atoms with E-state index in [2.05, 4.69) is 22.0 Å². The van der Waals surface area contributed by atoms with Crippen molar-refractivity contribution in [3.05, 3.63) is 54.1 Å². The first-order valence-electron chi connectivity index (χ1n) is 10.2. The van der Waals surface area contributed by atoms with Gasteiger partial charge in [-0.25, -0.2) is 9.97 Å². The number of nitrogens with zero attached hydrogens (tertiary/aromatic N) is 4. The van der Waals surface area contributed by atoms with E-state index >= 15 is 0 Å². The Balaban J connectivity index is 1.41. The number of rotatable bonds is 3. The highest BCUT2D eigenvalue weighted by molar-refractivity contribution is 5.97. The quantitative estimate of drug-likeness (QED) is 0.688. The van der Waals surface area contributed by atoms with Crippen molar-refractivity contribution < 1.29 is 9.53 Å². The molecule has 5 rings (SSSR count). The molecule has 0 saturated carbocycles. The number of aromatic nitrogens is 2. The number of fused-ring (bicyclic) bond motifs is 2. The summed E-state index contributed by atoms with van der Waals surface area (Å²) in [5, 5.41) is 0. The number of piperidine rings is 1. The lowest BCUT2D eigenvalue weighted by Crippen LogP contribution is -2.45. The number of anilines is 2. The molecular formula is C23H24N4O2. The van der Waals surface area contributed by atoms with Gasteiger partial charge in [-0.05, 0) is 43.0 Å². The topological polar surface area (TPSA) is 58.6 Å². The van der Waals surface area contributed by atoms with Crippen LogP contribution in [0.1, 0.15) is 18.4 Å². The Hall–Kier alpha value is -3.15. The van der Waals surface area contributed by atoms with Crippen molar-refractivity contribution in [2.45, 2.75) is 19.3 Å². The van der Waals surface area contributed by atoms with Gasteiger partial charge in [0.15, 0.2) is 5.82 Å². The van der Waals surface area contributed by atoms with E-state index in [0.717, 1.165) is 54.9 Å². The Bertz CT molecular complexity index is 1070. The van der Waals surface area contributed by atoms with Crippen molar-refractivity contribution in [3.8, 4) is 5.88 Å². The largest absolute Gasteiger partial charge is 0.478 e. The first-order valence-corrected chi connectivity index (χ1v) is 10.2. The molecule has 2 aromatic carbocycles. The van der Waals surface area contributed by atoms with Crippen LogP contribution in [0.5, 0.6) is 5.88 Å². The Kier molecular flexibility index (Phi) is 4.54. The summed E-state index contributed by atoms with van der Waals surface area (Å²) in [5.41, 5.74) is 3.98. The minimum atomic E-state index is -0.0483. The molecule has 1 amide bonds. The minimum Gasteiger partial charge on any atom is -0.478 e. The lowest BCUT2D eigenvalue weighted by atomic mass is 9.96. The minimum absolute atomic E-state index is 0.0483. The van der Waals surface area contributed by atoms with Crippen LogP contribution in [0.4, 0.5) is 11.5 Å². The second-order valence-electron chi connectivity index (χ2n) is 7.70. The third-order valence-electron chi connectivity index (χ3n) is 5.94. The van der Waals surface area contributed by atoms with Crippen molar-refractivity contribution in [3.63, 3.8) is 0 Å². The molecule has 2 aliphatic rings. The Morgan fingerprint density at radius 2 is 1.79 bits per heavy atom. The third kappa shape index (κ3) is 3.18. The maximum Gasteiger partial charge on any atom is 0.257 e. The SMILES string of the molecule is COc1nc2ccccc2nc1N1CCC[C@@H](C(=O)N2CCc3ccccc32)C1. The van der Waals surface area contributed by atoms with Crippen LogP contribution in [0.15, 0.2) is 48.5 Å². The molecule has 1 saturated heterocycles. The standard InChI is InChI=1S/C23H24N4O2/c1-29-22-21(24-18-9-3-4-10-19(18)25-22)26-13-6-8-17(15-26)23(28)27-14-12-16-7-2-5-11-20(16)27/h2-5,7,9-11,17H,6,8,12-15H2,1H3/t17-/m1/s1. The fourth-order valence-electron chi connectivity index (χ4n) is 4.48. The highest BCUT2D eigenvalue weighted by Crippen LogP contribution is 2.33. The Morgan fingerprint density at radius 1 is 1.03 bits per heavy atom. The van der Waals surface area contributed by atoms with Gasteiger partial charge < -0.3 is 14.5 Å². The van der Waals surface area contributed by atoms with E-state index in [4.69, 9.17) is 9.72 Å². The normalized spacial score (nSPS) is 18.7. The zero-order valence-corrected chi connectivity index (χ0v) is 16.5. The monoisotopic (exact) mass is 388 g/mol. The van der Waals surface area contributed by atoms with Gasteiger partial charge in [0.05, 0.1) is 24.1 Å². The Labute approximate surface area is 170 Å². The summed E-state index contributed by atoms with van der Waals surface area (Å²) in [6.07, 6.45) is 2.78. The number of hydrogen-bond donors (Lipinski definition) is 0. The lowest BCUT2D eigenvalue weighted by Gasteiger charge is -2.35. The van der Waals surface area contributed by atoms with E-state index in [1.807, 2.05) is 41.3 Å². The number of amides is 1. The summed E-state index contributed by atoms with van der Waals surface area (Å²) in [7, 11) is 1.62. The van der Waals surface area contributed by atoms with Gasteiger partial charge in [-0.2, -0.15) is 0 Å². The number of carbonyl (C=O) groups excluding carboxylic acids is 1. The maximum absolute atomic E-state index is 13.3. The number of ether oxygens (including phenoxy) is 1. The molecule has 0 unspecified atom stereocenters. The van der Waals surface area contributed by atoms with E-state index < -0.39 is 0 Å². The van der Waals surface area contributed by atoms with Crippen LogP contribution >= 0.6 is 0 Å². The second kappa shape index (κ2) is 7.35. The van der Waals surface area contributed by atoms with Crippen molar-refractivity contribution in [1.82, 2.24) is 9.97 Å². The maximum atomic E-state index is 13.3. The molecule has 0 spiro atoms. The molecule has 29 heavy (non-hydrogen) atoms. The van der Waals surface area contributed by atoms with Gasteiger partial charge in [0.1, 0.15) is 0 Å². The predicted molar refractivity (Wildman–Crippen MR) is 114 cm³/mol. The molecule has 6 heteroatoms. The van der Waals surface area contributed by atoms with Crippen LogP contribution in [0, 0.1) is 5.92 Å². The van der Waals surface area contributed by atoms with Crippen LogP contribution in [0.25, 0.3) is 11.0 Å². The smallest absolute Gasteiger partial charge is 0.257 e. The van der Waals surface area contributed by atoms with Crippen molar-refractivity contribution in [2.24, 2.45) is 5.92 Å². The average Bonchev–Trinajstić information content (AvgIpc) is 3.22. The molecule has 3 aromatic rings. The molecule has 1 aromatic heterocycles. The van der Waals surface area contributed by atoms with Crippen molar-refractivity contribution in [1.29, 1.82) is 0 Å². The van der Waals surface area contributed by atoms with Crippen molar-refractivity contribution in [2.75, 3.05) is 36.5 Å². The predicted octanol–water partition coefficient (Wildman–Crippen LogP) is 3.44. The fraction of sp³-hybridized carbons (Fsp3) is 0.348. The van der Waals surface area contributed by atoms with E-state index in [1.54, 1.807) is 7.11 Å². The molecule has 1 fully saturated rings. The molecule has 6 nitrogen and oxygen atoms in total. The molecule has 3 heterocycles. The number of benzene rings is 2. The molecular weight excluding hydrogens is 364 g/mol. The van der Waals surface area contributed by atoms with Gasteiger partial charge in [0.25, 0.3) is 5.88 Å². The molecule has 0 aliphatic carbocycles. The van der Waals surface area contributed by atoms with Crippen LogP contribution in [-0.4, -0.2) is 42.6 Å². The Morgan fingerprint density at radius 3 is 2.62 bits per heavy atom. The van der Waals surface area contributed by atoms with Crippen molar-refractivity contribution >= 4 is 28.4 Å². The van der Waals surface area contributed by atoms with E-state index in [1.165, 1.54) is 5.56 Å². The lowest BCUT2D eigenvalue weighted by molar-refractivity contribution is -0.122. The molecule has 1 atom stereocenters. The summed E-state index contributed by atoms with van der Waals surface area (Å²) in [6, 6.07) is 16.0. The van der Waals surface area contributed by atoms with Gasteiger partial charge in [0, 0.05) is 25.3 Å². The molecule has 148 valence electrons. The van der Waals surface area contributed by atoms with E-state index in [9.17, 15) is 4.79 Å². The molecule has 0 N–H and O–H groups in total. The molecule has 0 radical (unpaired) electrons. The summed E-state index contributed by atoms with van der Waals surface area (Å²) in [6.45, 7) is 2.26. The first kappa shape index (κ1) is 17.9. The van der Waals surface area contributed by atoms with E-state index in [0.29, 0.717) is 12.4 Å². The summed E-state index contributed by atoms with van der Waals surface area (Å²) in [4.78, 5) is 26.9. The van der Waals surface area contributed by atoms with Gasteiger partial charge in [-0.15, -0.1) is 0 Å². The van der Waals surface area contributed by atoms with Crippen LogP contribution in [0.2, 0.25) is 0 Å². The fourth-order valence-corrected chi connectivity index (χ4v) is 4.48. The summed E-state index contributed by atoms with van der Waals surface area (Å²) < 4.78 is 5.54. The van der Waals surface area contributed by atoms with Gasteiger partial charge >= 0.3 is 0 Å². The number of hydrogen-bond acceptors (Lipinski definition) is 5. The summed E-state index contributed by atoms with van der Waals surface area (Å²) in [5.74, 6) is 1.41. The molecule has 0 bridgehead atoms. The van der Waals surface area contributed by atoms with Gasteiger partial charge in [-0.1, -0.05) is 30.3 Å². The van der Waals surface area contributed by atoms with E-state index in [-0.39, 0.29) is 11.8 Å². The first-order chi connectivity index (χ1) is 14.2. The second-order valence-corrected chi connectivity index (χ2v) is 7.70. The highest BCUT2D eigenvalue weighted by Gasteiger charge is 2.34. The molecule has 2 aliphatic heterocycles. The van der Waals surface area contributed by atoms with Crippen LogP contribution in [0.3, 0.4) is 0 Å². The number of carbonyl (C=O) groups is 1. The van der Waals surface area contributed by atoms with Crippen LogP contribution in [-0.2, 0) is 11.2 Å².